The van der Waals surface area contributed by atoms with E-state index in [2.05, 4.69) is 26.1 Å². The molecule has 0 aromatic carbocycles. The van der Waals surface area contributed by atoms with Crippen LogP contribution in [0.4, 0.5) is 0 Å². The number of hydrogen-bond acceptors (Lipinski definition) is 3. The molecular formula is C10H19NO2S. The summed E-state index contributed by atoms with van der Waals surface area (Å²) in [6.45, 7) is 6.48. The topological polar surface area (TPSA) is 49.3 Å². The Hall–Kier alpha value is -0.220. The molecule has 1 rings (SSSR count). The van der Waals surface area contributed by atoms with E-state index in [1.807, 2.05) is 0 Å². The van der Waals surface area contributed by atoms with Gasteiger partial charge in [-0.15, -0.1) is 11.8 Å². The van der Waals surface area contributed by atoms with Crippen LogP contribution in [0.5, 0.6) is 0 Å². The Bertz CT molecular complexity index is 220. The molecule has 82 valence electrons. The number of rotatable bonds is 4. The molecule has 1 aliphatic rings. The molecule has 2 unspecified atom stereocenters. The molecule has 2 atom stereocenters. The van der Waals surface area contributed by atoms with E-state index in [0.717, 1.165) is 12.8 Å². The largest absolute Gasteiger partial charge is 0.480 e. The molecule has 0 aromatic heterocycles. The highest BCUT2D eigenvalue weighted by Gasteiger charge is 2.37. The van der Waals surface area contributed by atoms with Gasteiger partial charge in [0.05, 0.1) is 4.87 Å². The predicted octanol–water partition coefficient (Wildman–Crippen LogP) is 1.93. The maximum Gasteiger partial charge on any atom is 0.321 e. The van der Waals surface area contributed by atoms with Crippen molar-refractivity contribution < 1.29 is 9.90 Å². The second kappa shape index (κ2) is 4.53. The van der Waals surface area contributed by atoms with Crippen molar-refractivity contribution in [1.82, 2.24) is 5.32 Å². The van der Waals surface area contributed by atoms with Gasteiger partial charge in [0.25, 0.3) is 0 Å². The smallest absolute Gasteiger partial charge is 0.321 e. The molecule has 0 aliphatic carbocycles. The van der Waals surface area contributed by atoms with Gasteiger partial charge in [-0.05, 0) is 25.7 Å². The van der Waals surface area contributed by atoms with Gasteiger partial charge in [-0.1, -0.05) is 13.8 Å². The van der Waals surface area contributed by atoms with Gasteiger partial charge in [0.1, 0.15) is 6.04 Å². The minimum absolute atomic E-state index is 0.0344. The SMILES string of the molecule is CC(C)CCC1(C)NC(C(=O)O)CS1. The lowest BCUT2D eigenvalue weighted by molar-refractivity contribution is -0.138. The summed E-state index contributed by atoms with van der Waals surface area (Å²) in [6, 6.07) is -0.364. The van der Waals surface area contributed by atoms with Crippen LogP contribution in [0.1, 0.15) is 33.6 Å². The third-order valence-electron chi connectivity index (χ3n) is 2.54. The van der Waals surface area contributed by atoms with Gasteiger partial charge in [-0.2, -0.15) is 0 Å². The first kappa shape index (κ1) is 11.9. The van der Waals surface area contributed by atoms with Gasteiger partial charge in [0, 0.05) is 5.75 Å². The van der Waals surface area contributed by atoms with Crippen molar-refractivity contribution in [3.63, 3.8) is 0 Å². The molecule has 0 radical (unpaired) electrons. The van der Waals surface area contributed by atoms with Gasteiger partial charge < -0.3 is 5.11 Å². The van der Waals surface area contributed by atoms with Crippen LogP contribution >= 0.6 is 11.8 Å². The molecule has 1 heterocycles. The van der Waals surface area contributed by atoms with Crippen molar-refractivity contribution in [3.05, 3.63) is 0 Å². The van der Waals surface area contributed by atoms with E-state index in [1.54, 1.807) is 11.8 Å². The molecule has 0 saturated carbocycles. The number of carboxylic acids is 1. The third-order valence-corrected chi connectivity index (χ3v) is 4.00. The fourth-order valence-electron chi connectivity index (χ4n) is 1.56. The number of carbonyl (C=O) groups is 1. The Labute approximate surface area is 89.6 Å². The zero-order chi connectivity index (χ0) is 10.8. The first-order valence-electron chi connectivity index (χ1n) is 5.07. The fourth-order valence-corrected chi connectivity index (χ4v) is 2.81. The molecule has 2 N–H and O–H groups in total. The molecule has 0 aromatic rings. The first-order chi connectivity index (χ1) is 6.43. The van der Waals surface area contributed by atoms with Crippen molar-refractivity contribution in [2.45, 2.75) is 44.5 Å². The second-order valence-corrected chi connectivity index (χ2v) is 6.03. The molecule has 1 fully saturated rings. The predicted molar refractivity (Wildman–Crippen MR) is 59.5 cm³/mol. The highest BCUT2D eigenvalue weighted by molar-refractivity contribution is 8.00. The maximum absolute atomic E-state index is 10.8. The van der Waals surface area contributed by atoms with Crippen molar-refractivity contribution in [3.8, 4) is 0 Å². The minimum Gasteiger partial charge on any atom is -0.480 e. The van der Waals surface area contributed by atoms with E-state index < -0.39 is 5.97 Å². The highest BCUT2D eigenvalue weighted by atomic mass is 32.2. The zero-order valence-electron chi connectivity index (χ0n) is 9.04. The van der Waals surface area contributed by atoms with Crippen molar-refractivity contribution >= 4 is 17.7 Å². The van der Waals surface area contributed by atoms with E-state index in [4.69, 9.17) is 5.11 Å². The van der Waals surface area contributed by atoms with Crippen LogP contribution in [0, 0.1) is 5.92 Å². The second-order valence-electron chi connectivity index (χ2n) is 4.51. The Morgan fingerprint density at radius 2 is 2.36 bits per heavy atom. The molecule has 0 spiro atoms. The van der Waals surface area contributed by atoms with Crippen molar-refractivity contribution in [1.29, 1.82) is 0 Å². The van der Waals surface area contributed by atoms with Crippen LogP contribution in [0.3, 0.4) is 0 Å². The summed E-state index contributed by atoms with van der Waals surface area (Å²) in [6.07, 6.45) is 2.18. The summed E-state index contributed by atoms with van der Waals surface area (Å²) >= 11 is 1.73. The van der Waals surface area contributed by atoms with E-state index in [1.165, 1.54) is 0 Å². The average Bonchev–Trinajstić information content (AvgIpc) is 2.46. The van der Waals surface area contributed by atoms with Crippen LogP contribution in [0.25, 0.3) is 0 Å². The van der Waals surface area contributed by atoms with Crippen LogP contribution in [-0.4, -0.2) is 27.7 Å². The fraction of sp³-hybridized carbons (Fsp3) is 0.900. The normalized spacial score (nSPS) is 32.4. The van der Waals surface area contributed by atoms with Gasteiger partial charge >= 0.3 is 5.97 Å². The molecule has 1 saturated heterocycles. The number of carboxylic acid groups (broad SMARTS) is 1. The summed E-state index contributed by atoms with van der Waals surface area (Å²) in [4.78, 5) is 10.7. The van der Waals surface area contributed by atoms with Gasteiger partial charge in [0.15, 0.2) is 0 Å². The number of aliphatic carboxylic acids is 1. The van der Waals surface area contributed by atoms with E-state index in [9.17, 15) is 4.79 Å². The monoisotopic (exact) mass is 217 g/mol. The summed E-state index contributed by atoms with van der Waals surface area (Å²) in [5.74, 6) is 0.632. The molecule has 4 heteroatoms. The van der Waals surface area contributed by atoms with Crippen LogP contribution < -0.4 is 5.32 Å². The van der Waals surface area contributed by atoms with Gasteiger partial charge in [0.2, 0.25) is 0 Å². The van der Waals surface area contributed by atoms with Crippen LogP contribution in [0.15, 0.2) is 0 Å². The van der Waals surface area contributed by atoms with Crippen molar-refractivity contribution in [2.24, 2.45) is 5.92 Å². The molecule has 14 heavy (non-hydrogen) atoms. The van der Waals surface area contributed by atoms with Crippen LogP contribution in [-0.2, 0) is 4.79 Å². The van der Waals surface area contributed by atoms with Gasteiger partial charge in [-0.25, -0.2) is 0 Å². The van der Waals surface area contributed by atoms with Gasteiger partial charge in [-0.3, -0.25) is 10.1 Å². The maximum atomic E-state index is 10.8. The van der Waals surface area contributed by atoms with E-state index >= 15 is 0 Å². The third kappa shape index (κ3) is 3.17. The zero-order valence-corrected chi connectivity index (χ0v) is 9.86. The summed E-state index contributed by atoms with van der Waals surface area (Å²) in [5, 5.41) is 12.0. The first-order valence-corrected chi connectivity index (χ1v) is 6.06. The number of hydrogen-bond donors (Lipinski definition) is 2. The molecule has 1 aliphatic heterocycles. The number of thioether (sulfide) groups is 1. The highest BCUT2D eigenvalue weighted by Crippen LogP contribution is 2.34. The lowest BCUT2D eigenvalue weighted by Gasteiger charge is -2.24. The summed E-state index contributed by atoms with van der Waals surface area (Å²) < 4.78 is 0. The number of nitrogens with one attached hydrogen (secondary N) is 1. The molecule has 0 amide bonds. The van der Waals surface area contributed by atoms with E-state index in [-0.39, 0.29) is 10.9 Å². The quantitative estimate of drug-likeness (QED) is 0.755. The summed E-state index contributed by atoms with van der Waals surface area (Å²) in [7, 11) is 0. The lowest BCUT2D eigenvalue weighted by Crippen LogP contribution is -2.43. The minimum atomic E-state index is -0.731. The van der Waals surface area contributed by atoms with E-state index in [0.29, 0.717) is 11.7 Å². The summed E-state index contributed by atoms with van der Waals surface area (Å²) in [5.41, 5.74) is 0. The Kier molecular flexibility index (Phi) is 3.84. The molecule has 3 nitrogen and oxygen atoms in total. The van der Waals surface area contributed by atoms with Crippen LogP contribution in [0.2, 0.25) is 0 Å². The van der Waals surface area contributed by atoms with Crippen molar-refractivity contribution in [2.75, 3.05) is 5.75 Å². The Morgan fingerprint density at radius 3 is 2.79 bits per heavy atom. The standard InChI is InChI=1S/C10H19NO2S/c1-7(2)4-5-10(3)11-8(6-14-10)9(12)13/h7-8,11H,4-6H2,1-3H3,(H,12,13). The molecule has 0 bridgehead atoms. The average molecular weight is 217 g/mol. The Morgan fingerprint density at radius 1 is 1.71 bits per heavy atom. The Balaban J connectivity index is 2.41. The molecular weight excluding hydrogens is 198 g/mol. The lowest BCUT2D eigenvalue weighted by atomic mass is 10.0.